The third kappa shape index (κ3) is 6.30. The van der Waals surface area contributed by atoms with Crippen LogP contribution in [0.15, 0.2) is 53.7 Å². The number of rotatable bonds is 7. The summed E-state index contributed by atoms with van der Waals surface area (Å²) in [5.41, 5.74) is 1.84. The highest BCUT2D eigenvalue weighted by Crippen LogP contribution is 2.20. The molecule has 1 N–H and O–H groups in total. The van der Waals surface area contributed by atoms with E-state index < -0.39 is 0 Å². The van der Waals surface area contributed by atoms with E-state index in [1.54, 1.807) is 18.3 Å². The maximum Gasteiger partial charge on any atom is 0.260 e. The van der Waals surface area contributed by atoms with Crippen molar-refractivity contribution < 1.29 is 9.63 Å². The molecule has 1 amide bonds. The molecular formula is C17H16Cl2N2O2. The minimum absolute atomic E-state index is 0.127. The molecule has 2 aromatic rings. The molecule has 0 aliphatic rings. The van der Waals surface area contributed by atoms with Crippen molar-refractivity contribution in [1.82, 2.24) is 5.32 Å². The highest BCUT2D eigenvalue weighted by Gasteiger charge is 2.04. The van der Waals surface area contributed by atoms with Crippen LogP contribution in [0.25, 0.3) is 0 Å². The minimum atomic E-state index is -0.236. The van der Waals surface area contributed by atoms with Crippen LogP contribution in [0.3, 0.4) is 0 Å². The quantitative estimate of drug-likeness (QED) is 0.611. The Balaban J connectivity index is 1.66. The summed E-state index contributed by atoms with van der Waals surface area (Å²) in [4.78, 5) is 16.6. The van der Waals surface area contributed by atoms with E-state index in [0.717, 1.165) is 11.1 Å². The Bertz CT molecular complexity index is 676. The monoisotopic (exact) mass is 350 g/mol. The number of carbonyl (C=O) groups excluding carboxylic acids is 1. The summed E-state index contributed by atoms with van der Waals surface area (Å²) >= 11 is 11.9. The van der Waals surface area contributed by atoms with Crippen LogP contribution in [-0.2, 0) is 16.1 Å². The fourth-order valence-corrected chi connectivity index (χ4v) is 2.35. The SMILES string of the molecule is O=C(CO/N=C\c1ccccc1)NCCc1ccc(Cl)cc1Cl. The lowest BCUT2D eigenvalue weighted by atomic mass is 10.1. The largest absolute Gasteiger partial charge is 0.386 e. The van der Waals surface area contributed by atoms with Crippen LogP contribution in [0, 0.1) is 0 Å². The Morgan fingerprint density at radius 1 is 1.17 bits per heavy atom. The van der Waals surface area contributed by atoms with Crippen molar-refractivity contribution in [3.05, 3.63) is 69.7 Å². The summed E-state index contributed by atoms with van der Waals surface area (Å²) in [5, 5.41) is 7.68. The summed E-state index contributed by atoms with van der Waals surface area (Å²) in [7, 11) is 0. The van der Waals surface area contributed by atoms with Crippen LogP contribution in [0.4, 0.5) is 0 Å². The van der Waals surface area contributed by atoms with Crippen molar-refractivity contribution in [1.29, 1.82) is 0 Å². The van der Waals surface area contributed by atoms with Gasteiger partial charge in [0.05, 0.1) is 6.21 Å². The van der Waals surface area contributed by atoms with Crippen molar-refractivity contribution in [2.45, 2.75) is 6.42 Å². The number of carbonyl (C=O) groups is 1. The highest BCUT2D eigenvalue weighted by atomic mass is 35.5. The molecule has 4 nitrogen and oxygen atoms in total. The van der Waals surface area contributed by atoms with Gasteiger partial charge in [-0.15, -0.1) is 0 Å². The summed E-state index contributed by atoms with van der Waals surface area (Å²) < 4.78 is 0. The van der Waals surface area contributed by atoms with E-state index in [1.807, 2.05) is 36.4 Å². The molecule has 0 saturated carbocycles. The van der Waals surface area contributed by atoms with Gasteiger partial charge in [0, 0.05) is 16.6 Å². The Morgan fingerprint density at radius 2 is 1.96 bits per heavy atom. The minimum Gasteiger partial charge on any atom is -0.386 e. The van der Waals surface area contributed by atoms with E-state index in [-0.39, 0.29) is 12.5 Å². The average Bonchev–Trinajstić information content (AvgIpc) is 2.55. The van der Waals surface area contributed by atoms with Gasteiger partial charge in [0.25, 0.3) is 5.91 Å². The van der Waals surface area contributed by atoms with Gasteiger partial charge >= 0.3 is 0 Å². The second kappa shape index (κ2) is 9.18. The molecule has 23 heavy (non-hydrogen) atoms. The smallest absolute Gasteiger partial charge is 0.260 e. The van der Waals surface area contributed by atoms with Crippen molar-refractivity contribution in [2.75, 3.05) is 13.2 Å². The molecular weight excluding hydrogens is 335 g/mol. The fourth-order valence-electron chi connectivity index (χ4n) is 1.85. The van der Waals surface area contributed by atoms with Gasteiger partial charge in [0.15, 0.2) is 6.61 Å². The lowest BCUT2D eigenvalue weighted by Crippen LogP contribution is -2.28. The molecule has 0 aliphatic carbocycles. The zero-order chi connectivity index (χ0) is 16.5. The number of hydrogen-bond acceptors (Lipinski definition) is 3. The van der Waals surface area contributed by atoms with Crippen molar-refractivity contribution in [3.8, 4) is 0 Å². The molecule has 0 fully saturated rings. The standard InChI is InChI=1S/C17H16Cl2N2O2/c18-15-7-6-14(16(19)10-15)8-9-20-17(22)12-23-21-11-13-4-2-1-3-5-13/h1-7,10-11H,8-9,12H2,(H,20,22)/b21-11-. The zero-order valence-electron chi connectivity index (χ0n) is 12.3. The van der Waals surface area contributed by atoms with Gasteiger partial charge in [0.1, 0.15) is 0 Å². The lowest BCUT2D eigenvalue weighted by molar-refractivity contribution is -0.125. The third-order valence-corrected chi connectivity index (χ3v) is 3.59. The van der Waals surface area contributed by atoms with E-state index in [0.29, 0.717) is 23.0 Å². The first-order chi connectivity index (χ1) is 11.1. The van der Waals surface area contributed by atoms with Gasteiger partial charge in [0.2, 0.25) is 0 Å². The fraction of sp³-hybridized carbons (Fsp3) is 0.176. The molecule has 0 aromatic heterocycles. The third-order valence-electron chi connectivity index (χ3n) is 3.00. The molecule has 0 aliphatic heterocycles. The molecule has 120 valence electrons. The van der Waals surface area contributed by atoms with Crippen molar-refractivity contribution in [3.63, 3.8) is 0 Å². The molecule has 0 unspecified atom stereocenters. The molecule has 2 rings (SSSR count). The van der Waals surface area contributed by atoms with Gasteiger partial charge in [-0.25, -0.2) is 0 Å². The lowest BCUT2D eigenvalue weighted by Gasteiger charge is -2.06. The number of nitrogens with one attached hydrogen (secondary N) is 1. The molecule has 0 bridgehead atoms. The normalized spacial score (nSPS) is 10.7. The Kier molecular flexibility index (Phi) is 6.91. The van der Waals surface area contributed by atoms with Crippen LogP contribution in [0.2, 0.25) is 10.0 Å². The number of oxime groups is 1. The Labute approximate surface area is 145 Å². The second-order valence-corrected chi connectivity index (χ2v) is 5.60. The van der Waals surface area contributed by atoms with Crippen LogP contribution in [0.5, 0.6) is 0 Å². The number of nitrogens with zero attached hydrogens (tertiary/aromatic N) is 1. The Morgan fingerprint density at radius 3 is 2.70 bits per heavy atom. The predicted molar refractivity (Wildman–Crippen MR) is 93.2 cm³/mol. The van der Waals surface area contributed by atoms with Crippen LogP contribution < -0.4 is 5.32 Å². The van der Waals surface area contributed by atoms with Gasteiger partial charge in [-0.05, 0) is 29.7 Å². The zero-order valence-corrected chi connectivity index (χ0v) is 13.8. The van der Waals surface area contributed by atoms with Crippen LogP contribution in [0.1, 0.15) is 11.1 Å². The summed E-state index contributed by atoms with van der Waals surface area (Å²) in [6.07, 6.45) is 2.18. The number of benzene rings is 2. The molecule has 0 heterocycles. The van der Waals surface area contributed by atoms with E-state index in [2.05, 4.69) is 10.5 Å². The van der Waals surface area contributed by atoms with Crippen LogP contribution in [-0.4, -0.2) is 25.3 Å². The number of hydrogen-bond donors (Lipinski definition) is 1. The van der Waals surface area contributed by atoms with E-state index >= 15 is 0 Å². The summed E-state index contributed by atoms with van der Waals surface area (Å²) in [5.74, 6) is -0.236. The van der Waals surface area contributed by atoms with Crippen LogP contribution >= 0.6 is 23.2 Å². The molecule has 0 atom stereocenters. The van der Waals surface area contributed by atoms with E-state index in [9.17, 15) is 4.79 Å². The predicted octanol–water partition coefficient (Wildman–Crippen LogP) is 3.70. The van der Waals surface area contributed by atoms with E-state index in [4.69, 9.17) is 28.0 Å². The molecule has 6 heteroatoms. The molecule has 0 radical (unpaired) electrons. The first-order valence-corrected chi connectivity index (χ1v) is 7.82. The second-order valence-electron chi connectivity index (χ2n) is 4.75. The van der Waals surface area contributed by atoms with E-state index in [1.165, 1.54) is 0 Å². The first kappa shape index (κ1) is 17.3. The number of halogens is 2. The maximum absolute atomic E-state index is 11.6. The van der Waals surface area contributed by atoms with Crippen molar-refractivity contribution >= 4 is 35.3 Å². The first-order valence-electron chi connectivity index (χ1n) is 7.06. The number of amides is 1. The molecule has 2 aromatic carbocycles. The topological polar surface area (TPSA) is 50.7 Å². The summed E-state index contributed by atoms with van der Waals surface area (Å²) in [6.45, 7) is 0.337. The van der Waals surface area contributed by atoms with Crippen molar-refractivity contribution in [2.24, 2.45) is 5.16 Å². The van der Waals surface area contributed by atoms with Gasteiger partial charge in [-0.2, -0.15) is 0 Å². The molecule has 0 spiro atoms. The average molecular weight is 351 g/mol. The maximum atomic E-state index is 11.6. The van der Waals surface area contributed by atoms with Gasteiger partial charge in [-0.3, -0.25) is 4.79 Å². The molecule has 0 saturated heterocycles. The van der Waals surface area contributed by atoms with Gasteiger partial charge < -0.3 is 10.2 Å². The highest BCUT2D eigenvalue weighted by molar-refractivity contribution is 6.35. The van der Waals surface area contributed by atoms with Gasteiger partial charge in [-0.1, -0.05) is 64.8 Å². The Hall–Kier alpha value is -2.04. The summed E-state index contributed by atoms with van der Waals surface area (Å²) in [6, 6.07) is 14.8.